The number of Topliss-reactive ketones (excluding diaryl/α,β-unsaturated/α-hetero) is 1. The molecule has 0 saturated carbocycles. The zero-order valence-electron chi connectivity index (χ0n) is 31.0. The Morgan fingerprint density at radius 3 is 1.94 bits per heavy atom. The Morgan fingerprint density at radius 2 is 1.32 bits per heavy atom. The van der Waals surface area contributed by atoms with E-state index in [-0.39, 0.29) is 45.5 Å². The minimum Gasteiger partial charge on any atom is -0.493 e. The predicted octanol–water partition coefficient (Wildman–Crippen LogP) is 8.91. The Bertz CT molecular complexity index is 2010. The molecule has 0 aliphatic carbocycles. The van der Waals surface area contributed by atoms with Crippen LogP contribution in [0.2, 0.25) is 0 Å². The van der Waals surface area contributed by atoms with Crippen molar-refractivity contribution in [2.75, 3.05) is 17.2 Å². The number of carbonyl (C=O) groups excluding carboxylic acids is 5. The summed E-state index contributed by atoms with van der Waals surface area (Å²) in [4.78, 5) is 66.0. The highest BCUT2D eigenvalue weighted by Crippen LogP contribution is 2.39. The molecule has 1 aliphatic rings. The van der Waals surface area contributed by atoms with Gasteiger partial charge in [-0.15, -0.1) is 0 Å². The molecule has 1 atom stereocenters. The van der Waals surface area contributed by atoms with Crippen LogP contribution in [0.5, 0.6) is 5.75 Å². The molecule has 10 heteroatoms. The molecule has 1 aliphatic heterocycles. The molecule has 9 nitrogen and oxygen atoms in total. The number of imide groups is 1. The number of hydrogen-bond donors (Lipinski definition) is 2. The van der Waals surface area contributed by atoms with Gasteiger partial charge in [-0.25, -0.2) is 4.90 Å². The number of benzene rings is 4. The van der Waals surface area contributed by atoms with E-state index in [2.05, 4.69) is 64.3 Å². The number of nitrogens with zero attached hydrogens (tertiary/aromatic N) is 1. The van der Waals surface area contributed by atoms with Gasteiger partial charge in [0.2, 0.25) is 11.7 Å². The number of ketones is 1. The van der Waals surface area contributed by atoms with E-state index in [0.717, 1.165) is 24.2 Å². The number of hydrogen-bond acceptors (Lipinski definition) is 6. The van der Waals surface area contributed by atoms with Gasteiger partial charge in [0.1, 0.15) is 5.75 Å². The molecule has 1 heterocycles. The van der Waals surface area contributed by atoms with E-state index < -0.39 is 28.5 Å². The molecule has 276 valence electrons. The maximum atomic E-state index is 14.3. The molecule has 2 N–H and O–H groups in total. The summed E-state index contributed by atoms with van der Waals surface area (Å²) in [6.07, 6.45) is 2.51. The topological polar surface area (TPSA) is 122 Å². The summed E-state index contributed by atoms with van der Waals surface area (Å²) >= 11 is 6.91. The highest BCUT2D eigenvalue weighted by molar-refractivity contribution is 6.52. The van der Waals surface area contributed by atoms with Gasteiger partial charge in [0, 0.05) is 28.9 Å². The van der Waals surface area contributed by atoms with Crippen molar-refractivity contribution in [3.63, 3.8) is 0 Å². The number of para-hydroxylation sites is 1. The molecule has 4 amide bonds. The largest absolute Gasteiger partial charge is 0.493 e. The van der Waals surface area contributed by atoms with E-state index in [0.29, 0.717) is 23.6 Å². The average Bonchev–Trinajstić information content (AvgIpc) is 3.42. The Labute approximate surface area is 316 Å². The van der Waals surface area contributed by atoms with Crippen molar-refractivity contribution in [1.82, 2.24) is 4.90 Å². The van der Waals surface area contributed by atoms with E-state index in [9.17, 15) is 24.0 Å². The average molecular weight is 736 g/mol. The number of amides is 4. The second-order valence-electron chi connectivity index (χ2n) is 14.5. The van der Waals surface area contributed by atoms with Gasteiger partial charge in [-0.05, 0) is 78.1 Å². The quantitative estimate of drug-likeness (QED) is 0.0314. The number of anilines is 2. The molecule has 4 aromatic rings. The fraction of sp³-hybridized carbons (Fsp3) is 0.326. The number of halogens is 1. The SMILES string of the molecule is CCC(C)(C)c1ccc(OCCCC(=O)Nc2cccc(C(=O)C(Cl)(C(=O)Nc3ccccc3)N3C(=O)c4ccccc4C3=O)c2)c(C(C)(C)CC)c1. The maximum absolute atomic E-state index is 14.3. The molecule has 0 aromatic heterocycles. The van der Waals surface area contributed by atoms with Gasteiger partial charge >= 0.3 is 0 Å². The lowest BCUT2D eigenvalue weighted by molar-refractivity contribution is -0.120. The molecule has 0 bridgehead atoms. The number of rotatable bonds is 15. The van der Waals surface area contributed by atoms with E-state index in [4.69, 9.17) is 16.3 Å². The van der Waals surface area contributed by atoms with Crippen LogP contribution in [0.3, 0.4) is 0 Å². The zero-order chi connectivity index (χ0) is 38.6. The molecule has 53 heavy (non-hydrogen) atoms. The molecular weight excluding hydrogens is 690 g/mol. The Morgan fingerprint density at radius 1 is 0.717 bits per heavy atom. The lowest BCUT2D eigenvalue weighted by atomic mass is 9.76. The number of ether oxygens (including phenoxy) is 1. The van der Waals surface area contributed by atoms with Crippen LogP contribution in [0, 0.1) is 0 Å². The first kappa shape index (κ1) is 38.9. The van der Waals surface area contributed by atoms with E-state index in [1.54, 1.807) is 48.5 Å². The van der Waals surface area contributed by atoms with Crippen molar-refractivity contribution >= 4 is 52.4 Å². The molecule has 0 saturated heterocycles. The van der Waals surface area contributed by atoms with Crippen LogP contribution in [-0.2, 0) is 20.4 Å². The molecule has 0 spiro atoms. The normalized spacial score (nSPS) is 14.0. The lowest BCUT2D eigenvalue weighted by Crippen LogP contribution is -2.60. The second-order valence-corrected chi connectivity index (χ2v) is 15.1. The molecule has 5 rings (SSSR count). The monoisotopic (exact) mass is 735 g/mol. The first-order chi connectivity index (χ1) is 25.1. The van der Waals surface area contributed by atoms with Gasteiger partial charge in [-0.1, -0.05) is 108 Å². The number of nitrogens with one attached hydrogen (secondary N) is 2. The molecule has 0 radical (unpaired) electrons. The maximum Gasteiger partial charge on any atom is 0.274 e. The first-order valence-corrected chi connectivity index (χ1v) is 18.3. The van der Waals surface area contributed by atoms with Crippen molar-refractivity contribution in [2.24, 2.45) is 0 Å². The van der Waals surface area contributed by atoms with E-state index in [1.807, 2.05) is 6.07 Å². The fourth-order valence-electron chi connectivity index (χ4n) is 6.08. The lowest BCUT2D eigenvalue weighted by Gasteiger charge is -2.32. The third-order valence-corrected chi connectivity index (χ3v) is 10.7. The molecule has 1 unspecified atom stereocenters. The first-order valence-electron chi connectivity index (χ1n) is 17.9. The van der Waals surface area contributed by atoms with Gasteiger partial charge in [0.25, 0.3) is 22.7 Å². The second kappa shape index (κ2) is 15.8. The number of alkyl halides is 1. The van der Waals surface area contributed by atoms with Crippen molar-refractivity contribution in [2.45, 2.75) is 83.1 Å². The van der Waals surface area contributed by atoms with Crippen LogP contribution < -0.4 is 15.4 Å². The summed E-state index contributed by atoms with van der Waals surface area (Å²) in [6, 6.07) is 26.5. The molecule has 0 fully saturated rings. The predicted molar refractivity (Wildman–Crippen MR) is 208 cm³/mol. The van der Waals surface area contributed by atoms with Gasteiger partial charge in [-0.2, -0.15) is 0 Å². The Kier molecular flexibility index (Phi) is 11.6. The van der Waals surface area contributed by atoms with Crippen molar-refractivity contribution in [3.8, 4) is 5.75 Å². The third kappa shape index (κ3) is 8.05. The Hall–Kier alpha value is -5.28. The molecular formula is C43H46ClN3O6. The van der Waals surface area contributed by atoms with Crippen molar-refractivity contribution < 1.29 is 28.7 Å². The van der Waals surface area contributed by atoms with E-state index >= 15 is 0 Å². The standard InChI is InChI=1S/C43H46ClN3O6/c1-7-41(3,4)29-23-24-35(34(27-29)42(5,6)8-2)53-25-15-22-36(48)45-31-19-14-16-28(26-31)37(49)43(44,40(52)46-30-17-10-9-11-18-30)47-38(50)32-20-12-13-21-33(32)39(47)51/h9-14,16-21,23-24,26-27H,7-8,15,22,25H2,1-6H3,(H,45,48)(H,46,52). The number of fused-ring (bicyclic) bond motifs is 1. The van der Waals surface area contributed by atoms with Crippen LogP contribution in [0.15, 0.2) is 97.1 Å². The molecule has 4 aromatic carbocycles. The summed E-state index contributed by atoms with van der Waals surface area (Å²) in [5.41, 5.74) is 2.86. The zero-order valence-corrected chi connectivity index (χ0v) is 31.8. The highest BCUT2D eigenvalue weighted by Gasteiger charge is 2.58. The van der Waals surface area contributed by atoms with Crippen LogP contribution >= 0.6 is 11.6 Å². The van der Waals surface area contributed by atoms with Gasteiger partial charge < -0.3 is 15.4 Å². The summed E-state index contributed by atoms with van der Waals surface area (Å²) in [7, 11) is 0. The third-order valence-electron chi connectivity index (χ3n) is 10.2. The van der Waals surface area contributed by atoms with Crippen LogP contribution in [0.25, 0.3) is 0 Å². The van der Waals surface area contributed by atoms with Gasteiger partial charge in [-0.3, -0.25) is 24.0 Å². The van der Waals surface area contributed by atoms with Gasteiger partial charge in [0.15, 0.2) is 0 Å². The summed E-state index contributed by atoms with van der Waals surface area (Å²) < 4.78 is 6.23. The fourth-order valence-corrected chi connectivity index (χ4v) is 6.39. The summed E-state index contributed by atoms with van der Waals surface area (Å²) in [6.45, 7) is 13.5. The Balaban J connectivity index is 1.30. The highest BCUT2D eigenvalue weighted by atomic mass is 35.5. The summed E-state index contributed by atoms with van der Waals surface area (Å²) in [5.74, 6) is -3.38. The van der Waals surface area contributed by atoms with Crippen molar-refractivity contribution in [3.05, 3.63) is 125 Å². The van der Waals surface area contributed by atoms with Crippen LogP contribution in [-0.4, -0.2) is 45.9 Å². The minimum atomic E-state index is -2.79. The van der Waals surface area contributed by atoms with Crippen LogP contribution in [0.4, 0.5) is 11.4 Å². The number of carbonyl (C=O) groups is 5. The minimum absolute atomic E-state index is 0.0237. The summed E-state index contributed by atoms with van der Waals surface area (Å²) in [5, 5.41) is 5.37. The van der Waals surface area contributed by atoms with E-state index in [1.165, 1.54) is 35.9 Å². The van der Waals surface area contributed by atoms with Gasteiger partial charge in [0.05, 0.1) is 17.7 Å². The smallest absolute Gasteiger partial charge is 0.274 e. The van der Waals surface area contributed by atoms with Crippen LogP contribution in [0.1, 0.15) is 109 Å². The van der Waals surface area contributed by atoms with Crippen molar-refractivity contribution in [1.29, 1.82) is 0 Å².